The summed E-state index contributed by atoms with van der Waals surface area (Å²) in [7, 11) is -2.27. The Kier molecular flexibility index (Phi) is 4.70. The fourth-order valence-electron chi connectivity index (χ4n) is 4.00. The summed E-state index contributed by atoms with van der Waals surface area (Å²) >= 11 is 0. The molecule has 1 amide bonds. The second-order valence-electron chi connectivity index (χ2n) is 8.48. The fourth-order valence-corrected chi connectivity index (χ4v) is 5.74. The number of benzene rings is 1. The number of fused-ring (bicyclic) bond motifs is 2. The van der Waals surface area contributed by atoms with Gasteiger partial charge in [0.2, 0.25) is 10.0 Å². The Morgan fingerprint density at radius 1 is 1.17 bits per heavy atom. The molecular formula is C20H25N3O5S. The number of nitrogens with zero attached hydrogens (tertiary/aromatic N) is 3. The molecule has 0 bridgehead atoms. The van der Waals surface area contributed by atoms with E-state index in [0.29, 0.717) is 29.6 Å². The molecule has 0 saturated carbocycles. The normalized spacial score (nSPS) is 22.3. The first-order chi connectivity index (χ1) is 13.6. The SMILES string of the molecule is COc1cncc2cccc(S(=O)(=O)N3C[C@H]4CN(C(=O)OC(C)(C)C)[C@H]4C3)c12. The van der Waals surface area contributed by atoms with E-state index < -0.39 is 21.7 Å². The van der Waals surface area contributed by atoms with Gasteiger partial charge in [-0.05, 0) is 26.8 Å². The van der Waals surface area contributed by atoms with Crippen LogP contribution in [0.3, 0.4) is 0 Å². The molecule has 9 heteroatoms. The van der Waals surface area contributed by atoms with Gasteiger partial charge in [0, 0.05) is 42.5 Å². The number of carbonyl (C=O) groups excluding carboxylic acids is 1. The molecule has 2 aliphatic rings. The van der Waals surface area contributed by atoms with Crippen LogP contribution in [-0.4, -0.2) is 67.1 Å². The number of hydrogen-bond donors (Lipinski definition) is 0. The third-order valence-corrected chi connectivity index (χ3v) is 7.25. The largest absolute Gasteiger partial charge is 0.494 e. The number of hydrogen-bond acceptors (Lipinski definition) is 6. The van der Waals surface area contributed by atoms with Crippen molar-refractivity contribution in [1.82, 2.24) is 14.2 Å². The number of likely N-dealkylation sites (tertiary alicyclic amines) is 1. The minimum atomic E-state index is -3.76. The first-order valence-corrected chi connectivity index (χ1v) is 11.0. The van der Waals surface area contributed by atoms with Gasteiger partial charge in [0.1, 0.15) is 11.4 Å². The molecule has 0 radical (unpaired) electrons. The van der Waals surface area contributed by atoms with Crippen LogP contribution in [0.25, 0.3) is 10.8 Å². The average Bonchev–Trinajstić information content (AvgIpc) is 2.96. The molecule has 2 atom stereocenters. The number of ether oxygens (including phenoxy) is 2. The van der Waals surface area contributed by atoms with Crippen molar-refractivity contribution in [3.8, 4) is 5.75 Å². The van der Waals surface area contributed by atoms with Crippen LogP contribution in [0.5, 0.6) is 5.75 Å². The summed E-state index contributed by atoms with van der Waals surface area (Å²) in [5, 5.41) is 1.22. The van der Waals surface area contributed by atoms with E-state index in [0.717, 1.165) is 0 Å². The molecular weight excluding hydrogens is 394 g/mol. The molecule has 8 nitrogen and oxygen atoms in total. The number of rotatable bonds is 3. The van der Waals surface area contributed by atoms with E-state index in [2.05, 4.69) is 4.98 Å². The Labute approximate surface area is 170 Å². The molecule has 1 aromatic carbocycles. The van der Waals surface area contributed by atoms with Gasteiger partial charge < -0.3 is 14.4 Å². The second kappa shape index (κ2) is 6.84. The number of sulfonamides is 1. The first-order valence-electron chi connectivity index (χ1n) is 9.52. The summed E-state index contributed by atoms with van der Waals surface area (Å²) in [5.74, 6) is 0.537. The van der Waals surface area contributed by atoms with Gasteiger partial charge >= 0.3 is 6.09 Å². The number of pyridine rings is 1. The molecule has 0 aliphatic carbocycles. The molecule has 2 saturated heterocycles. The highest BCUT2D eigenvalue weighted by Crippen LogP contribution is 2.38. The van der Waals surface area contributed by atoms with Crippen molar-refractivity contribution >= 4 is 26.9 Å². The van der Waals surface area contributed by atoms with E-state index in [1.807, 2.05) is 26.8 Å². The van der Waals surface area contributed by atoms with Crippen LogP contribution >= 0.6 is 0 Å². The smallest absolute Gasteiger partial charge is 0.410 e. The summed E-state index contributed by atoms with van der Waals surface area (Å²) in [6.45, 7) is 6.60. The molecule has 2 aromatic rings. The summed E-state index contributed by atoms with van der Waals surface area (Å²) in [4.78, 5) is 18.3. The molecule has 2 aliphatic heterocycles. The molecule has 0 N–H and O–H groups in total. The average molecular weight is 420 g/mol. The predicted octanol–water partition coefficient (Wildman–Crippen LogP) is 2.48. The number of methoxy groups -OCH3 is 1. The molecule has 0 unspecified atom stereocenters. The zero-order chi connectivity index (χ0) is 21.0. The third kappa shape index (κ3) is 3.42. The van der Waals surface area contributed by atoms with Crippen LogP contribution in [0.1, 0.15) is 20.8 Å². The zero-order valence-electron chi connectivity index (χ0n) is 17.0. The van der Waals surface area contributed by atoms with Crippen LogP contribution in [0.2, 0.25) is 0 Å². The molecule has 4 rings (SSSR count). The van der Waals surface area contributed by atoms with E-state index in [-0.39, 0.29) is 23.4 Å². The van der Waals surface area contributed by atoms with E-state index in [9.17, 15) is 13.2 Å². The Bertz CT molecular complexity index is 1060. The number of amides is 1. The molecule has 1 aromatic heterocycles. The highest BCUT2D eigenvalue weighted by Gasteiger charge is 2.52. The van der Waals surface area contributed by atoms with Crippen molar-refractivity contribution < 1.29 is 22.7 Å². The van der Waals surface area contributed by atoms with E-state index in [1.54, 1.807) is 23.2 Å². The molecule has 29 heavy (non-hydrogen) atoms. The van der Waals surface area contributed by atoms with Gasteiger partial charge in [-0.2, -0.15) is 4.31 Å². The van der Waals surface area contributed by atoms with Gasteiger partial charge in [-0.1, -0.05) is 12.1 Å². The maximum atomic E-state index is 13.5. The standard InChI is InChI=1S/C20H25N3O5S/c1-20(2,3)28-19(24)23-11-14-10-22(12-15(14)23)29(25,26)17-7-5-6-13-8-21-9-16(27-4)18(13)17/h5-9,14-15H,10-12H2,1-4H3/t14-,15-/m0/s1. The summed E-state index contributed by atoms with van der Waals surface area (Å²) in [6, 6.07) is 4.94. The minimum Gasteiger partial charge on any atom is -0.494 e. The van der Waals surface area contributed by atoms with Crippen LogP contribution in [0, 0.1) is 5.92 Å². The van der Waals surface area contributed by atoms with E-state index >= 15 is 0 Å². The van der Waals surface area contributed by atoms with E-state index in [1.165, 1.54) is 17.6 Å². The van der Waals surface area contributed by atoms with Crippen molar-refractivity contribution in [2.75, 3.05) is 26.7 Å². The lowest BCUT2D eigenvalue weighted by Crippen LogP contribution is -2.59. The summed E-state index contributed by atoms with van der Waals surface area (Å²) in [6.07, 6.45) is 2.74. The Morgan fingerprint density at radius 2 is 1.93 bits per heavy atom. The molecule has 2 fully saturated rings. The lowest BCUT2D eigenvalue weighted by molar-refractivity contribution is -0.0164. The van der Waals surface area contributed by atoms with Crippen LogP contribution in [0.15, 0.2) is 35.5 Å². The van der Waals surface area contributed by atoms with Gasteiger partial charge in [-0.25, -0.2) is 13.2 Å². The highest BCUT2D eigenvalue weighted by molar-refractivity contribution is 7.89. The minimum absolute atomic E-state index is 0.121. The van der Waals surface area contributed by atoms with Gasteiger partial charge in [-0.15, -0.1) is 0 Å². The third-order valence-electron chi connectivity index (χ3n) is 5.38. The zero-order valence-corrected chi connectivity index (χ0v) is 17.8. The maximum absolute atomic E-state index is 13.5. The van der Waals surface area contributed by atoms with Gasteiger partial charge in [-0.3, -0.25) is 4.98 Å². The van der Waals surface area contributed by atoms with Crippen molar-refractivity contribution in [3.63, 3.8) is 0 Å². The first kappa shape index (κ1) is 19.9. The number of carbonyl (C=O) groups is 1. The predicted molar refractivity (Wildman–Crippen MR) is 107 cm³/mol. The quantitative estimate of drug-likeness (QED) is 0.759. The summed E-state index contributed by atoms with van der Waals surface area (Å²) in [5.41, 5.74) is -0.583. The van der Waals surface area contributed by atoms with Crippen molar-refractivity contribution in [2.24, 2.45) is 5.92 Å². The van der Waals surface area contributed by atoms with Gasteiger partial charge in [0.15, 0.2) is 0 Å². The van der Waals surface area contributed by atoms with Gasteiger partial charge in [0.05, 0.1) is 24.2 Å². The Morgan fingerprint density at radius 3 is 2.62 bits per heavy atom. The van der Waals surface area contributed by atoms with Crippen LogP contribution < -0.4 is 4.74 Å². The van der Waals surface area contributed by atoms with Crippen LogP contribution in [-0.2, 0) is 14.8 Å². The Hall–Kier alpha value is -2.39. The molecule has 0 spiro atoms. The topological polar surface area (TPSA) is 89.0 Å². The number of aromatic nitrogens is 1. The summed E-state index contributed by atoms with van der Waals surface area (Å²) < 4.78 is 39.2. The lowest BCUT2D eigenvalue weighted by atomic mass is 9.93. The Balaban J connectivity index is 1.61. The molecule has 3 heterocycles. The van der Waals surface area contributed by atoms with Crippen molar-refractivity contribution in [2.45, 2.75) is 37.3 Å². The fraction of sp³-hybridized carbons (Fsp3) is 0.500. The highest BCUT2D eigenvalue weighted by atomic mass is 32.2. The lowest BCUT2D eigenvalue weighted by Gasteiger charge is -2.43. The van der Waals surface area contributed by atoms with Crippen molar-refractivity contribution in [3.05, 3.63) is 30.6 Å². The van der Waals surface area contributed by atoms with Crippen molar-refractivity contribution in [1.29, 1.82) is 0 Å². The van der Waals surface area contributed by atoms with E-state index in [4.69, 9.17) is 9.47 Å². The van der Waals surface area contributed by atoms with Gasteiger partial charge in [0.25, 0.3) is 0 Å². The monoisotopic (exact) mass is 419 g/mol. The van der Waals surface area contributed by atoms with Crippen LogP contribution in [0.4, 0.5) is 4.79 Å². The second-order valence-corrected chi connectivity index (χ2v) is 10.4. The maximum Gasteiger partial charge on any atom is 0.410 e. The molecule has 156 valence electrons.